The van der Waals surface area contributed by atoms with Gasteiger partial charge in [0.15, 0.2) is 5.82 Å². The van der Waals surface area contributed by atoms with Gasteiger partial charge in [0.25, 0.3) is 0 Å². The van der Waals surface area contributed by atoms with Crippen LogP contribution in [0.4, 0.5) is 5.69 Å². The van der Waals surface area contributed by atoms with Crippen LogP contribution < -0.4 is 0 Å². The lowest BCUT2D eigenvalue weighted by molar-refractivity contribution is -0.385. The normalized spacial score (nSPS) is 10.6. The van der Waals surface area contributed by atoms with E-state index >= 15 is 0 Å². The first-order valence-electron chi connectivity index (χ1n) is 5.74. The molecule has 0 atom stereocenters. The number of pyridine rings is 1. The van der Waals surface area contributed by atoms with Crippen LogP contribution in [0.1, 0.15) is 27.3 Å². The highest BCUT2D eigenvalue weighted by molar-refractivity contribution is 5.92. The van der Waals surface area contributed by atoms with Gasteiger partial charge in [0.1, 0.15) is 11.8 Å². The standard InChI is InChI=1S/C12H12N4O4/c1-6-7(2)14-15(8(6)3)11-4-9(12(17)18)10(5-13-11)16(19)20/h4-5H,1-3H3,(H,17,18). The van der Waals surface area contributed by atoms with Gasteiger partial charge in [-0.1, -0.05) is 0 Å². The molecule has 0 bridgehead atoms. The minimum absolute atomic E-state index is 0.238. The number of hydrogen-bond donors (Lipinski definition) is 1. The van der Waals surface area contributed by atoms with Crippen molar-refractivity contribution in [1.29, 1.82) is 0 Å². The minimum atomic E-state index is -1.38. The molecule has 0 fully saturated rings. The maximum Gasteiger partial charge on any atom is 0.342 e. The summed E-state index contributed by atoms with van der Waals surface area (Å²) in [5, 5.41) is 24.1. The summed E-state index contributed by atoms with van der Waals surface area (Å²) >= 11 is 0. The second kappa shape index (κ2) is 4.72. The largest absolute Gasteiger partial charge is 0.477 e. The fraction of sp³-hybridized carbons (Fsp3) is 0.250. The van der Waals surface area contributed by atoms with Gasteiger partial charge in [-0.2, -0.15) is 5.10 Å². The van der Waals surface area contributed by atoms with Crippen LogP contribution in [-0.4, -0.2) is 30.8 Å². The van der Waals surface area contributed by atoms with Crippen molar-refractivity contribution in [3.8, 4) is 5.82 Å². The second-order valence-corrected chi connectivity index (χ2v) is 4.33. The number of aromatic nitrogens is 3. The molecule has 0 spiro atoms. The van der Waals surface area contributed by atoms with Crippen molar-refractivity contribution in [3.05, 3.63) is 44.9 Å². The smallest absolute Gasteiger partial charge is 0.342 e. The van der Waals surface area contributed by atoms with Gasteiger partial charge in [-0.3, -0.25) is 10.1 Å². The van der Waals surface area contributed by atoms with Crippen molar-refractivity contribution in [1.82, 2.24) is 14.8 Å². The van der Waals surface area contributed by atoms with Crippen molar-refractivity contribution in [3.63, 3.8) is 0 Å². The van der Waals surface area contributed by atoms with E-state index in [2.05, 4.69) is 10.1 Å². The van der Waals surface area contributed by atoms with Crippen molar-refractivity contribution >= 4 is 11.7 Å². The summed E-state index contributed by atoms with van der Waals surface area (Å²) in [5.74, 6) is -1.14. The van der Waals surface area contributed by atoms with Gasteiger partial charge >= 0.3 is 11.7 Å². The van der Waals surface area contributed by atoms with Gasteiger partial charge in [0.2, 0.25) is 0 Å². The highest BCUT2D eigenvalue weighted by Gasteiger charge is 2.22. The molecule has 20 heavy (non-hydrogen) atoms. The van der Waals surface area contributed by atoms with E-state index < -0.39 is 22.1 Å². The lowest BCUT2D eigenvalue weighted by atomic mass is 10.2. The molecule has 0 aliphatic carbocycles. The number of nitro groups is 1. The number of carbonyl (C=O) groups is 1. The van der Waals surface area contributed by atoms with Crippen LogP contribution in [0.15, 0.2) is 12.3 Å². The zero-order valence-corrected chi connectivity index (χ0v) is 11.1. The van der Waals surface area contributed by atoms with E-state index in [0.717, 1.165) is 29.2 Å². The Balaban J connectivity index is 2.65. The van der Waals surface area contributed by atoms with Gasteiger partial charge < -0.3 is 5.11 Å². The predicted molar refractivity (Wildman–Crippen MR) is 69.2 cm³/mol. The Morgan fingerprint density at radius 2 is 2.05 bits per heavy atom. The van der Waals surface area contributed by atoms with Crippen LogP contribution in [0.2, 0.25) is 0 Å². The third kappa shape index (κ3) is 2.11. The van der Waals surface area contributed by atoms with Crippen LogP contribution in [0.5, 0.6) is 0 Å². The first kappa shape index (κ1) is 13.7. The summed E-state index contributed by atoms with van der Waals surface area (Å²) in [6.45, 7) is 5.53. The van der Waals surface area contributed by atoms with Gasteiger partial charge in [-0.25, -0.2) is 14.5 Å². The van der Waals surface area contributed by atoms with Crippen LogP contribution in [-0.2, 0) is 0 Å². The lowest BCUT2D eigenvalue weighted by Crippen LogP contribution is -2.08. The summed E-state index contributed by atoms with van der Waals surface area (Å²) in [6.07, 6.45) is 0.935. The monoisotopic (exact) mass is 276 g/mol. The molecule has 2 rings (SSSR count). The lowest BCUT2D eigenvalue weighted by Gasteiger charge is -2.05. The molecular weight excluding hydrogens is 264 g/mol. The highest BCUT2D eigenvalue weighted by Crippen LogP contribution is 2.21. The Kier molecular flexibility index (Phi) is 3.23. The fourth-order valence-electron chi connectivity index (χ4n) is 1.81. The molecule has 0 aromatic carbocycles. The van der Waals surface area contributed by atoms with E-state index in [4.69, 9.17) is 5.11 Å². The molecule has 8 nitrogen and oxygen atoms in total. The van der Waals surface area contributed by atoms with Gasteiger partial charge in [-0.15, -0.1) is 0 Å². The summed E-state index contributed by atoms with van der Waals surface area (Å²) < 4.78 is 1.47. The van der Waals surface area contributed by atoms with E-state index in [1.807, 2.05) is 20.8 Å². The number of hydrogen-bond acceptors (Lipinski definition) is 5. The molecule has 2 aromatic heterocycles. The first-order valence-corrected chi connectivity index (χ1v) is 5.74. The second-order valence-electron chi connectivity index (χ2n) is 4.33. The Morgan fingerprint density at radius 1 is 1.40 bits per heavy atom. The quantitative estimate of drug-likeness (QED) is 0.675. The molecule has 0 unspecified atom stereocenters. The van der Waals surface area contributed by atoms with Gasteiger partial charge in [0, 0.05) is 11.8 Å². The van der Waals surface area contributed by atoms with Crippen LogP contribution in [0, 0.1) is 30.9 Å². The number of aromatic carboxylic acids is 1. The molecule has 0 aliphatic heterocycles. The van der Waals surface area contributed by atoms with Crippen molar-refractivity contribution in [2.24, 2.45) is 0 Å². The number of carboxylic acid groups (broad SMARTS) is 1. The van der Waals surface area contributed by atoms with E-state index in [1.54, 1.807) is 0 Å². The number of rotatable bonds is 3. The van der Waals surface area contributed by atoms with E-state index in [9.17, 15) is 14.9 Å². The molecule has 2 heterocycles. The molecule has 0 amide bonds. The maximum atomic E-state index is 11.1. The third-order valence-corrected chi connectivity index (χ3v) is 3.17. The molecule has 2 aromatic rings. The Bertz CT molecular complexity index is 720. The average Bonchev–Trinajstić information content (AvgIpc) is 2.65. The molecule has 1 N–H and O–H groups in total. The molecule has 8 heteroatoms. The van der Waals surface area contributed by atoms with E-state index in [1.165, 1.54) is 4.68 Å². The predicted octanol–water partition coefficient (Wildman–Crippen LogP) is 1.80. The van der Waals surface area contributed by atoms with Crippen LogP contribution >= 0.6 is 0 Å². The molecule has 0 saturated heterocycles. The molecule has 104 valence electrons. The summed E-state index contributed by atoms with van der Waals surface area (Å²) in [7, 11) is 0. The summed E-state index contributed by atoms with van der Waals surface area (Å²) in [5.41, 5.74) is 1.60. The Hall–Kier alpha value is -2.77. The zero-order valence-electron chi connectivity index (χ0n) is 11.1. The summed E-state index contributed by atoms with van der Waals surface area (Å²) in [4.78, 5) is 25.0. The van der Waals surface area contributed by atoms with E-state index in [0.29, 0.717) is 0 Å². The van der Waals surface area contributed by atoms with Crippen molar-refractivity contribution in [2.75, 3.05) is 0 Å². The van der Waals surface area contributed by atoms with Crippen molar-refractivity contribution < 1.29 is 14.8 Å². The molecule has 0 saturated carbocycles. The topological polar surface area (TPSA) is 111 Å². The van der Waals surface area contributed by atoms with E-state index in [-0.39, 0.29) is 5.82 Å². The third-order valence-electron chi connectivity index (χ3n) is 3.17. The average molecular weight is 276 g/mol. The molecular formula is C12H12N4O4. The first-order chi connectivity index (χ1) is 9.32. The maximum absolute atomic E-state index is 11.1. The number of carboxylic acids is 1. The SMILES string of the molecule is Cc1nn(-c2cc(C(=O)O)c([N+](=O)[O-])cn2)c(C)c1C. The molecule has 0 radical (unpaired) electrons. The zero-order chi connectivity index (χ0) is 15.0. The van der Waals surface area contributed by atoms with Gasteiger partial charge in [0.05, 0.1) is 10.6 Å². The Morgan fingerprint density at radius 3 is 2.50 bits per heavy atom. The minimum Gasteiger partial charge on any atom is -0.477 e. The molecule has 0 aliphatic rings. The number of nitrogens with zero attached hydrogens (tertiary/aromatic N) is 4. The van der Waals surface area contributed by atoms with Crippen LogP contribution in [0.3, 0.4) is 0 Å². The van der Waals surface area contributed by atoms with Crippen molar-refractivity contribution in [2.45, 2.75) is 20.8 Å². The van der Waals surface area contributed by atoms with Gasteiger partial charge in [-0.05, 0) is 26.3 Å². The number of aryl methyl sites for hydroxylation is 1. The Labute approximate surface area is 113 Å². The fourth-order valence-corrected chi connectivity index (χ4v) is 1.81. The summed E-state index contributed by atoms with van der Waals surface area (Å²) in [6, 6.07) is 1.15. The highest BCUT2D eigenvalue weighted by atomic mass is 16.6. The van der Waals surface area contributed by atoms with Crippen LogP contribution in [0.25, 0.3) is 5.82 Å².